The largest absolute Gasteiger partial charge is 0.477 e. The van der Waals surface area contributed by atoms with E-state index in [1.54, 1.807) is 0 Å². The second-order valence-electron chi connectivity index (χ2n) is 6.24. The quantitative estimate of drug-likeness (QED) is 0.600. The van der Waals surface area contributed by atoms with Crippen molar-refractivity contribution in [3.05, 3.63) is 76.8 Å². The fourth-order valence-electron chi connectivity index (χ4n) is 3.83. The van der Waals surface area contributed by atoms with Gasteiger partial charge < -0.3 is 9.47 Å². The summed E-state index contributed by atoms with van der Waals surface area (Å²) in [5, 5.41) is 2.82. The first-order chi connectivity index (χ1) is 11.7. The van der Waals surface area contributed by atoms with Crippen LogP contribution in [0.25, 0.3) is 10.8 Å². The van der Waals surface area contributed by atoms with Crippen molar-refractivity contribution in [2.75, 3.05) is 0 Å². The lowest BCUT2D eigenvalue weighted by Gasteiger charge is -2.26. The van der Waals surface area contributed by atoms with Gasteiger partial charge in [-0.2, -0.15) is 0 Å². The highest BCUT2D eigenvalue weighted by molar-refractivity contribution is 6.30. The first kappa shape index (κ1) is 13.9. The minimum Gasteiger partial charge on any atom is -0.477 e. The molecular weight excluding hydrogens is 324 g/mol. The van der Waals surface area contributed by atoms with Crippen LogP contribution >= 0.6 is 11.6 Å². The summed E-state index contributed by atoms with van der Waals surface area (Å²) in [6.45, 7) is 0. The zero-order chi connectivity index (χ0) is 16.3. The predicted octanol–water partition coefficient (Wildman–Crippen LogP) is 4.77. The minimum atomic E-state index is -0.811. The maximum atomic E-state index is 12.1. The highest BCUT2D eigenvalue weighted by Crippen LogP contribution is 2.58. The van der Waals surface area contributed by atoms with Crippen LogP contribution in [0.1, 0.15) is 23.7 Å². The Labute approximate surface area is 143 Å². The normalized spacial score (nSPS) is 24.4. The van der Waals surface area contributed by atoms with E-state index in [1.807, 2.05) is 54.6 Å². The number of carbonyl (C=O) groups excluding carboxylic acids is 1. The van der Waals surface area contributed by atoms with Gasteiger partial charge in [-0.3, -0.25) is 4.79 Å². The number of carbonyl (C=O) groups is 1. The summed E-state index contributed by atoms with van der Waals surface area (Å²) < 4.78 is 12.0. The summed E-state index contributed by atoms with van der Waals surface area (Å²) in [6, 6.07) is 19.5. The second kappa shape index (κ2) is 4.74. The molecule has 3 aromatic carbocycles. The van der Waals surface area contributed by atoms with Gasteiger partial charge in [0.15, 0.2) is 11.7 Å². The molecule has 0 spiro atoms. The molecular formula is C20H13ClO3. The number of rotatable bonds is 1. The standard InChI is InChI=1S/C20H13ClO3/c21-14-8-6-13(7-9-14)20-11-17(22)23-19(20)18-15-4-2-1-3-12(15)5-10-16(18)24-20/h1-10,19H,11H2/t19-,20+/m1/s1. The first-order valence-electron chi connectivity index (χ1n) is 7.84. The second-order valence-corrected chi connectivity index (χ2v) is 6.68. The third-order valence-electron chi connectivity index (χ3n) is 4.90. The van der Waals surface area contributed by atoms with Crippen molar-refractivity contribution < 1.29 is 14.3 Å². The van der Waals surface area contributed by atoms with E-state index in [1.165, 1.54) is 0 Å². The van der Waals surface area contributed by atoms with E-state index in [0.29, 0.717) is 5.02 Å². The molecule has 2 aliphatic rings. The van der Waals surface area contributed by atoms with Crippen molar-refractivity contribution in [3.8, 4) is 5.75 Å². The van der Waals surface area contributed by atoms with Crippen LogP contribution in [0.2, 0.25) is 5.02 Å². The van der Waals surface area contributed by atoms with Crippen LogP contribution in [0.5, 0.6) is 5.75 Å². The van der Waals surface area contributed by atoms with Crippen molar-refractivity contribution in [2.24, 2.45) is 0 Å². The number of benzene rings is 3. The summed E-state index contributed by atoms with van der Waals surface area (Å²) in [4.78, 5) is 12.1. The molecule has 0 unspecified atom stereocenters. The van der Waals surface area contributed by atoms with Crippen LogP contribution in [0.15, 0.2) is 60.7 Å². The van der Waals surface area contributed by atoms with Gasteiger partial charge in [0, 0.05) is 16.1 Å². The Morgan fingerprint density at radius 2 is 1.79 bits per heavy atom. The molecule has 2 atom stereocenters. The Morgan fingerprint density at radius 1 is 1.00 bits per heavy atom. The molecule has 0 aromatic heterocycles. The molecule has 0 radical (unpaired) electrons. The maximum absolute atomic E-state index is 12.1. The van der Waals surface area contributed by atoms with Crippen molar-refractivity contribution in [2.45, 2.75) is 18.1 Å². The van der Waals surface area contributed by atoms with Gasteiger partial charge >= 0.3 is 5.97 Å². The van der Waals surface area contributed by atoms with Crippen LogP contribution in [0.3, 0.4) is 0 Å². The third kappa shape index (κ3) is 1.76. The molecule has 5 rings (SSSR count). The number of halogens is 1. The maximum Gasteiger partial charge on any atom is 0.311 e. The van der Waals surface area contributed by atoms with E-state index in [0.717, 1.165) is 27.6 Å². The Balaban J connectivity index is 1.76. The Bertz CT molecular complexity index is 980. The van der Waals surface area contributed by atoms with Gasteiger partial charge in [-0.25, -0.2) is 0 Å². The molecule has 3 aromatic rings. The first-order valence-corrected chi connectivity index (χ1v) is 8.21. The average Bonchev–Trinajstić information content (AvgIpc) is 3.07. The van der Waals surface area contributed by atoms with E-state index in [2.05, 4.69) is 6.07 Å². The summed E-state index contributed by atoms with van der Waals surface area (Å²) in [6.07, 6.45) is -0.241. The lowest BCUT2D eigenvalue weighted by atomic mass is 9.84. The summed E-state index contributed by atoms with van der Waals surface area (Å²) in [7, 11) is 0. The van der Waals surface area contributed by atoms with Gasteiger partial charge in [0.1, 0.15) is 5.75 Å². The van der Waals surface area contributed by atoms with E-state index < -0.39 is 11.7 Å². The van der Waals surface area contributed by atoms with Crippen molar-refractivity contribution >= 4 is 28.3 Å². The number of ether oxygens (including phenoxy) is 2. The van der Waals surface area contributed by atoms with Gasteiger partial charge in [-0.15, -0.1) is 0 Å². The average molecular weight is 337 g/mol. The van der Waals surface area contributed by atoms with E-state index in [4.69, 9.17) is 21.1 Å². The van der Waals surface area contributed by atoms with Crippen molar-refractivity contribution in [1.82, 2.24) is 0 Å². The highest BCUT2D eigenvalue weighted by Gasteiger charge is 2.59. The van der Waals surface area contributed by atoms with Gasteiger partial charge in [0.05, 0.1) is 6.42 Å². The lowest BCUT2D eigenvalue weighted by molar-refractivity contribution is -0.141. The van der Waals surface area contributed by atoms with Crippen LogP contribution in [-0.2, 0) is 15.1 Å². The van der Waals surface area contributed by atoms with Crippen LogP contribution in [0.4, 0.5) is 0 Å². The van der Waals surface area contributed by atoms with Crippen molar-refractivity contribution in [3.63, 3.8) is 0 Å². The highest BCUT2D eigenvalue weighted by atomic mass is 35.5. The molecule has 2 aliphatic heterocycles. The van der Waals surface area contributed by atoms with Gasteiger partial charge in [-0.1, -0.05) is 54.1 Å². The Morgan fingerprint density at radius 3 is 2.62 bits per heavy atom. The molecule has 2 heterocycles. The van der Waals surface area contributed by atoms with Crippen LogP contribution < -0.4 is 4.74 Å². The molecule has 118 valence electrons. The van der Waals surface area contributed by atoms with Gasteiger partial charge in [-0.05, 0) is 29.0 Å². The van der Waals surface area contributed by atoms with Crippen LogP contribution in [0, 0.1) is 0 Å². The molecule has 0 saturated carbocycles. The van der Waals surface area contributed by atoms with Crippen molar-refractivity contribution in [1.29, 1.82) is 0 Å². The molecule has 4 heteroatoms. The van der Waals surface area contributed by atoms with E-state index in [-0.39, 0.29) is 12.4 Å². The molecule has 0 amide bonds. The minimum absolute atomic E-state index is 0.197. The summed E-state index contributed by atoms with van der Waals surface area (Å²) >= 11 is 6.02. The fraction of sp³-hybridized carbons (Fsp3) is 0.150. The van der Waals surface area contributed by atoms with Gasteiger partial charge in [0.25, 0.3) is 0 Å². The number of esters is 1. The fourth-order valence-corrected chi connectivity index (χ4v) is 3.96. The monoisotopic (exact) mass is 336 g/mol. The smallest absolute Gasteiger partial charge is 0.311 e. The molecule has 3 nitrogen and oxygen atoms in total. The molecule has 24 heavy (non-hydrogen) atoms. The third-order valence-corrected chi connectivity index (χ3v) is 5.15. The zero-order valence-electron chi connectivity index (χ0n) is 12.7. The molecule has 0 N–H and O–H groups in total. The topological polar surface area (TPSA) is 35.5 Å². The summed E-state index contributed by atoms with van der Waals surface area (Å²) in [5.74, 6) is 0.537. The van der Waals surface area contributed by atoms with E-state index >= 15 is 0 Å². The molecule has 0 bridgehead atoms. The number of hydrogen-bond donors (Lipinski definition) is 0. The lowest BCUT2D eigenvalue weighted by Crippen LogP contribution is -2.31. The molecule has 1 saturated heterocycles. The summed E-state index contributed by atoms with van der Waals surface area (Å²) in [5.41, 5.74) is 1.05. The Hall–Kier alpha value is -2.52. The molecule has 1 fully saturated rings. The molecule has 0 aliphatic carbocycles. The van der Waals surface area contributed by atoms with Gasteiger partial charge in [0.2, 0.25) is 0 Å². The number of fused-ring (bicyclic) bond motifs is 5. The predicted molar refractivity (Wildman–Crippen MR) is 91.2 cm³/mol. The Kier molecular flexibility index (Phi) is 2.74. The van der Waals surface area contributed by atoms with E-state index in [9.17, 15) is 4.79 Å². The van der Waals surface area contributed by atoms with Crippen LogP contribution in [-0.4, -0.2) is 5.97 Å². The number of hydrogen-bond acceptors (Lipinski definition) is 3. The zero-order valence-corrected chi connectivity index (χ0v) is 13.4. The SMILES string of the molecule is O=C1C[C@@]2(c3ccc(Cl)cc3)Oc3ccc4ccccc4c3[C@H]2O1.